The molecule has 0 saturated carbocycles. The lowest BCUT2D eigenvalue weighted by Gasteiger charge is -2.33. The molecule has 136 valence electrons. The Balaban J connectivity index is 1.50. The fourth-order valence-corrected chi connectivity index (χ4v) is 6.01. The summed E-state index contributed by atoms with van der Waals surface area (Å²) in [6.07, 6.45) is 0. The maximum atomic E-state index is 12.8. The van der Waals surface area contributed by atoms with E-state index >= 15 is 0 Å². The lowest BCUT2D eigenvalue weighted by Crippen LogP contribution is -2.48. The molecule has 0 radical (unpaired) electrons. The fraction of sp³-hybridized carbons (Fsp3) is 0.235. The van der Waals surface area contributed by atoms with Crippen molar-refractivity contribution in [2.75, 3.05) is 31.1 Å². The summed E-state index contributed by atoms with van der Waals surface area (Å²) in [7, 11) is -3.49. The minimum atomic E-state index is -3.49. The number of sulfonamides is 1. The number of aromatic nitrogens is 1. The molecule has 3 aromatic rings. The van der Waals surface area contributed by atoms with E-state index in [0.717, 1.165) is 19.8 Å². The van der Waals surface area contributed by atoms with Crippen LogP contribution in [-0.2, 0) is 10.0 Å². The van der Waals surface area contributed by atoms with Crippen LogP contribution in [0.4, 0.5) is 5.13 Å². The molecule has 9 heteroatoms. The normalized spacial score (nSPS) is 16.3. The molecule has 0 aliphatic carbocycles. The molecule has 0 unspecified atom stereocenters. The molecule has 1 aromatic heterocycles. The van der Waals surface area contributed by atoms with Gasteiger partial charge in [0, 0.05) is 35.7 Å². The Morgan fingerprint density at radius 3 is 2.42 bits per heavy atom. The first kappa shape index (κ1) is 18.2. The van der Waals surface area contributed by atoms with E-state index in [9.17, 15) is 8.42 Å². The number of piperazine rings is 1. The van der Waals surface area contributed by atoms with E-state index in [1.807, 2.05) is 12.1 Å². The van der Waals surface area contributed by atoms with Gasteiger partial charge in [0.05, 0.1) is 15.1 Å². The molecule has 0 spiro atoms. The van der Waals surface area contributed by atoms with Gasteiger partial charge in [-0.25, -0.2) is 13.4 Å². The first-order valence-corrected chi connectivity index (χ1v) is 11.4. The maximum Gasteiger partial charge on any atom is 0.243 e. The molecule has 1 fully saturated rings. The van der Waals surface area contributed by atoms with Crippen LogP contribution in [-0.4, -0.2) is 43.9 Å². The van der Waals surface area contributed by atoms with Crippen molar-refractivity contribution < 1.29 is 8.42 Å². The maximum absolute atomic E-state index is 12.8. The van der Waals surface area contributed by atoms with Crippen molar-refractivity contribution in [1.29, 1.82) is 0 Å². The Morgan fingerprint density at radius 1 is 1.04 bits per heavy atom. The third-order valence-electron chi connectivity index (χ3n) is 4.30. The average Bonchev–Trinajstić information content (AvgIpc) is 3.05. The number of halogens is 2. The number of benzene rings is 2. The Labute approximate surface area is 169 Å². The molecule has 0 N–H and O–H groups in total. The van der Waals surface area contributed by atoms with Crippen molar-refractivity contribution in [2.24, 2.45) is 0 Å². The van der Waals surface area contributed by atoms with Crippen LogP contribution < -0.4 is 4.90 Å². The van der Waals surface area contributed by atoms with Gasteiger partial charge in [0.1, 0.15) is 0 Å². The van der Waals surface area contributed by atoms with Crippen molar-refractivity contribution in [3.05, 3.63) is 52.0 Å². The topological polar surface area (TPSA) is 53.5 Å². The van der Waals surface area contributed by atoms with Crippen LogP contribution in [0.2, 0.25) is 5.02 Å². The zero-order valence-corrected chi connectivity index (χ0v) is 17.6. The van der Waals surface area contributed by atoms with Crippen LogP contribution in [0.25, 0.3) is 10.2 Å². The molecule has 4 rings (SSSR count). The van der Waals surface area contributed by atoms with Crippen molar-refractivity contribution in [1.82, 2.24) is 9.29 Å². The second-order valence-electron chi connectivity index (χ2n) is 5.95. The SMILES string of the molecule is O=S(=O)(c1ccc(Cl)cc1)N1CCN(c2nc3ccc(Br)cc3s2)CC1. The number of nitrogens with zero attached hydrogens (tertiary/aromatic N) is 3. The van der Waals surface area contributed by atoms with Crippen molar-refractivity contribution in [3.63, 3.8) is 0 Å². The summed E-state index contributed by atoms with van der Waals surface area (Å²) in [6.45, 7) is 2.11. The highest BCUT2D eigenvalue weighted by atomic mass is 79.9. The molecular formula is C17H15BrClN3O2S2. The molecule has 2 aromatic carbocycles. The predicted molar refractivity (Wildman–Crippen MR) is 110 cm³/mol. The van der Waals surface area contributed by atoms with E-state index in [-0.39, 0.29) is 4.90 Å². The number of anilines is 1. The highest BCUT2D eigenvalue weighted by Gasteiger charge is 2.29. The van der Waals surface area contributed by atoms with Crippen LogP contribution in [0.5, 0.6) is 0 Å². The van der Waals surface area contributed by atoms with Gasteiger partial charge in [-0.2, -0.15) is 4.31 Å². The van der Waals surface area contributed by atoms with E-state index in [1.165, 1.54) is 4.31 Å². The summed E-state index contributed by atoms with van der Waals surface area (Å²) < 4.78 is 29.2. The number of hydrogen-bond donors (Lipinski definition) is 0. The van der Waals surface area contributed by atoms with Crippen LogP contribution >= 0.6 is 38.9 Å². The van der Waals surface area contributed by atoms with Crippen molar-refractivity contribution in [3.8, 4) is 0 Å². The number of hydrogen-bond acceptors (Lipinski definition) is 5. The highest BCUT2D eigenvalue weighted by molar-refractivity contribution is 9.10. The summed E-state index contributed by atoms with van der Waals surface area (Å²) in [4.78, 5) is 7.10. The molecule has 0 bridgehead atoms. The molecule has 1 aliphatic heterocycles. The number of thiazole rings is 1. The van der Waals surface area contributed by atoms with Crippen molar-refractivity contribution >= 4 is 64.2 Å². The number of fused-ring (bicyclic) bond motifs is 1. The molecule has 0 atom stereocenters. The van der Waals surface area contributed by atoms with Gasteiger partial charge in [0.15, 0.2) is 5.13 Å². The molecule has 26 heavy (non-hydrogen) atoms. The Hall–Kier alpha value is -1.19. The van der Waals surface area contributed by atoms with Gasteiger partial charge in [-0.1, -0.05) is 38.9 Å². The van der Waals surface area contributed by atoms with E-state index in [1.54, 1.807) is 35.6 Å². The standard InChI is InChI=1S/C17H15BrClN3O2S2/c18-12-1-6-15-16(11-12)25-17(20-15)21-7-9-22(10-8-21)26(23,24)14-4-2-13(19)3-5-14/h1-6,11H,7-10H2. The summed E-state index contributed by atoms with van der Waals surface area (Å²) in [5.74, 6) is 0. The Kier molecular flexibility index (Phi) is 4.96. The van der Waals surface area contributed by atoms with E-state index in [0.29, 0.717) is 31.2 Å². The highest BCUT2D eigenvalue weighted by Crippen LogP contribution is 2.31. The fourth-order valence-electron chi connectivity index (χ4n) is 2.90. The first-order valence-electron chi connectivity index (χ1n) is 8.00. The molecule has 5 nitrogen and oxygen atoms in total. The monoisotopic (exact) mass is 471 g/mol. The van der Waals surface area contributed by atoms with Crippen LogP contribution in [0, 0.1) is 0 Å². The van der Waals surface area contributed by atoms with E-state index in [2.05, 4.69) is 31.9 Å². The molecule has 1 saturated heterocycles. The average molecular weight is 473 g/mol. The van der Waals surface area contributed by atoms with E-state index in [4.69, 9.17) is 11.6 Å². The smallest absolute Gasteiger partial charge is 0.243 e. The molecule has 2 heterocycles. The summed E-state index contributed by atoms with van der Waals surface area (Å²) in [5, 5.41) is 1.46. The second kappa shape index (κ2) is 7.09. The van der Waals surface area contributed by atoms with Gasteiger partial charge in [-0.15, -0.1) is 0 Å². The third-order valence-corrected chi connectivity index (χ3v) is 8.04. The zero-order chi connectivity index (χ0) is 18.3. The third kappa shape index (κ3) is 3.48. The summed E-state index contributed by atoms with van der Waals surface area (Å²) in [6, 6.07) is 12.3. The Morgan fingerprint density at radius 2 is 1.73 bits per heavy atom. The molecule has 0 amide bonds. The minimum Gasteiger partial charge on any atom is -0.345 e. The first-order chi connectivity index (χ1) is 12.4. The predicted octanol–water partition coefficient (Wildman–Crippen LogP) is 4.22. The largest absolute Gasteiger partial charge is 0.345 e. The summed E-state index contributed by atoms with van der Waals surface area (Å²) in [5.41, 5.74) is 0.962. The quantitative estimate of drug-likeness (QED) is 0.573. The Bertz CT molecular complexity index is 1050. The van der Waals surface area contributed by atoms with Gasteiger partial charge in [0.25, 0.3) is 0 Å². The van der Waals surface area contributed by atoms with Crippen LogP contribution in [0.15, 0.2) is 51.8 Å². The van der Waals surface area contributed by atoms with Gasteiger partial charge in [-0.05, 0) is 42.5 Å². The van der Waals surface area contributed by atoms with Crippen LogP contribution in [0.1, 0.15) is 0 Å². The van der Waals surface area contributed by atoms with Gasteiger partial charge >= 0.3 is 0 Å². The lowest BCUT2D eigenvalue weighted by molar-refractivity contribution is 0.385. The molecule has 1 aliphatic rings. The second-order valence-corrected chi connectivity index (χ2v) is 10.3. The van der Waals surface area contributed by atoms with Crippen molar-refractivity contribution in [2.45, 2.75) is 4.90 Å². The van der Waals surface area contributed by atoms with Crippen LogP contribution in [0.3, 0.4) is 0 Å². The molecular weight excluding hydrogens is 458 g/mol. The van der Waals surface area contributed by atoms with Gasteiger partial charge < -0.3 is 4.90 Å². The summed E-state index contributed by atoms with van der Waals surface area (Å²) >= 11 is 11.0. The minimum absolute atomic E-state index is 0.278. The lowest BCUT2D eigenvalue weighted by atomic mass is 10.3. The van der Waals surface area contributed by atoms with E-state index < -0.39 is 10.0 Å². The van der Waals surface area contributed by atoms with Gasteiger partial charge in [-0.3, -0.25) is 0 Å². The zero-order valence-electron chi connectivity index (χ0n) is 13.6. The van der Waals surface area contributed by atoms with Gasteiger partial charge in [0.2, 0.25) is 10.0 Å². The number of rotatable bonds is 3.